The number of amides is 1. The minimum absolute atomic E-state index is 0.0967. The molecule has 3 aromatic carbocycles. The van der Waals surface area contributed by atoms with Gasteiger partial charge in [-0.1, -0.05) is 60.7 Å². The molecule has 0 aliphatic carbocycles. The average molecular weight is 501 g/mol. The predicted octanol–water partition coefficient (Wildman–Crippen LogP) is 4.37. The molecule has 0 spiro atoms. The molecule has 192 valence electrons. The van der Waals surface area contributed by atoms with Crippen molar-refractivity contribution in [2.75, 3.05) is 33.2 Å². The Hall–Kier alpha value is -3.97. The molecule has 1 fully saturated rings. The standard InChI is InChI=1S/C30H32N2O5/c1-31(29(34)24-11-7-12-25(20-24)30(35)36)18-19-32-16-14-26(15-17-32)37-28(33)21-23-10-5-6-13-27(23)22-8-3-2-4-9-22/h2-13,20,26H,14-19,21H2,1H3,(H,35,36). The molecule has 7 heteroatoms. The molecule has 0 unspecified atom stereocenters. The van der Waals surface area contributed by atoms with Gasteiger partial charge in [-0.15, -0.1) is 0 Å². The number of hydrogen-bond donors (Lipinski definition) is 1. The molecule has 0 aromatic heterocycles. The van der Waals surface area contributed by atoms with Gasteiger partial charge in [-0.05, 0) is 47.7 Å². The van der Waals surface area contributed by atoms with Crippen molar-refractivity contribution in [3.63, 3.8) is 0 Å². The van der Waals surface area contributed by atoms with Crippen LogP contribution in [0.2, 0.25) is 0 Å². The molecule has 1 aliphatic heterocycles. The topological polar surface area (TPSA) is 87.2 Å². The van der Waals surface area contributed by atoms with Crippen molar-refractivity contribution in [3.05, 3.63) is 95.6 Å². The van der Waals surface area contributed by atoms with E-state index in [4.69, 9.17) is 9.84 Å². The van der Waals surface area contributed by atoms with E-state index in [1.807, 2.05) is 54.6 Å². The third-order valence-electron chi connectivity index (χ3n) is 6.72. The van der Waals surface area contributed by atoms with E-state index in [-0.39, 0.29) is 30.0 Å². The Labute approximate surface area is 217 Å². The number of carboxylic acid groups (broad SMARTS) is 1. The molecule has 1 N–H and O–H groups in total. The zero-order valence-electron chi connectivity index (χ0n) is 21.0. The molecule has 7 nitrogen and oxygen atoms in total. The van der Waals surface area contributed by atoms with Crippen molar-refractivity contribution in [3.8, 4) is 11.1 Å². The first-order chi connectivity index (χ1) is 17.9. The first kappa shape index (κ1) is 26.1. The van der Waals surface area contributed by atoms with Gasteiger partial charge in [0.2, 0.25) is 0 Å². The number of carbonyl (C=O) groups excluding carboxylic acids is 2. The Bertz CT molecular complexity index is 1240. The molecule has 0 atom stereocenters. The van der Waals surface area contributed by atoms with Crippen molar-refractivity contribution in [2.45, 2.75) is 25.4 Å². The molecular formula is C30H32N2O5. The summed E-state index contributed by atoms with van der Waals surface area (Å²) in [6.45, 7) is 2.80. The van der Waals surface area contributed by atoms with Crippen LogP contribution in [-0.4, -0.2) is 72.1 Å². The lowest BCUT2D eigenvalue weighted by Gasteiger charge is -2.32. The molecule has 1 saturated heterocycles. The third-order valence-corrected chi connectivity index (χ3v) is 6.72. The first-order valence-electron chi connectivity index (χ1n) is 12.5. The van der Waals surface area contributed by atoms with Crippen molar-refractivity contribution >= 4 is 17.8 Å². The van der Waals surface area contributed by atoms with Gasteiger partial charge in [-0.2, -0.15) is 0 Å². The normalized spacial score (nSPS) is 14.2. The largest absolute Gasteiger partial charge is 0.478 e. The van der Waals surface area contributed by atoms with E-state index in [1.165, 1.54) is 12.1 Å². The van der Waals surface area contributed by atoms with Gasteiger partial charge < -0.3 is 19.6 Å². The summed E-state index contributed by atoms with van der Waals surface area (Å²) < 4.78 is 5.81. The van der Waals surface area contributed by atoms with Crippen molar-refractivity contribution in [1.29, 1.82) is 0 Å². The lowest BCUT2D eigenvalue weighted by molar-refractivity contribution is -0.150. The molecule has 0 saturated carbocycles. The van der Waals surface area contributed by atoms with E-state index in [1.54, 1.807) is 24.1 Å². The van der Waals surface area contributed by atoms with Gasteiger partial charge in [0.25, 0.3) is 5.91 Å². The fourth-order valence-corrected chi connectivity index (χ4v) is 4.61. The third kappa shape index (κ3) is 7.05. The fraction of sp³-hybridized carbons (Fsp3) is 0.300. The van der Waals surface area contributed by atoms with Crippen molar-refractivity contribution < 1.29 is 24.2 Å². The highest BCUT2D eigenvalue weighted by atomic mass is 16.5. The minimum Gasteiger partial charge on any atom is -0.478 e. The number of likely N-dealkylation sites (N-methyl/N-ethyl adjacent to an activating group) is 1. The van der Waals surface area contributed by atoms with Gasteiger partial charge in [-0.3, -0.25) is 9.59 Å². The summed E-state index contributed by atoms with van der Waals surface area (Å²) in [6, 6.07) is 24.0. The predicted molar refractivity (Wildman–Crippen MR) is 141 cm³/mol. The fourth-order valence-electron chi connectivity index (χ4n) is 4.61. The quantitative estimate of drug-likeness (QED) is 0.439. The molecule has 3 aromatic rings. The Morgan fingerprint density at radius 1 is 0.919 bits per heavy atom. The van der Waals surface area contributed by atoms with Crippen LogP contribution in [0.3, 0.4) is 0 Å². The van der Waals surface area contributed by atoms with Crippen LogP contribution in [-0.2, 0) is 16.0 Å². The van der Waals surface area contributed by atoms with E-state index in [2.05, 4.69) is 4.90 Å². The number of esters is 1. The number of likely N-dealkylation sites (tertiary alicyclic amines) is 1. The highest BCUT2D eigenvalue weighted by Gasteiger charge is 2.23. The maximum absolute atomic E-state index is 12.7. The number of nitrogens with zero attached hydrogens (tertiary/aromatic N) is 2. The zero-order valence-corrected chi connectivity index (χ0v) is 21.0. The van der Waals surface area contributed by atoms with Crippen LogP contribution in [0.1, 0.15) is 39.1 Å². The number of benzene rings is 3. The van der Waals surface area contributed by atoms with Gasteiger partial charge in [0, 0.05) is 38.8 Å². The number of piperidine rings is 1. The van der Waals surface area contributed by atoms with Gasteiger partial charge in [0.1, 0.15) is 6.10 Å². The number of ether oxygens (including phenoxy) is 1. The molecule has 4 rings (SSSR count). The van der Waals surface area contributed by atoms with Crippen LogP contribution >= 0.6 is 0 Å². The van der Waals surface area contributed by atoms with Gasteiger partial charge >= 0.3 is 11.9 Å². The highest BCUT2D eigenvalue weighted by Crippen LogP contribution is 2.24. The second-order valence-corrected chi connectivity index (χ2v) is 9.34. The summed E-state index contributed by atoms with van der Waals surface area (Å²) in [6.07, 6.45) is 1.64. The van der Waals surface area contributed by atoms with Crippen LogP contribution < -0.4 is 0 Å². The number of aromatic carboxylic acids is 1. The Morgan fingerprint density at radius 2 is 1.59 bits per heavy atom. The summed E-state index contributed by atoms with van der Waals surface area (Å²) >= 11 is 0. The first-order valence-corrected chi connectivity index (χ1v) is 12.5. The summed E-state index contributed by atoms with van der Waals surface area (Å²) in [7, 11) is 1.72. The van der Waals surface area contributed by atoms with Crippen LogP contribution in [0.4, 0.5) is 0 Å². The number of carboxylic acids is 1. The van der Waals surface area contributed by atoms with Crippen molar-refractivity contribution in [1.82, 2.24) is 9.80 Å². The molecule has 1 aliphatic rings. The lowest BCUT2D eigenvalue weighted by atomic mass is 9.98. The highest BCUT2D eigenvalue weighted by molar-refractivity contribution is 5.97. The molecule has 0 radical (unpaired) electrons. The summed E-state index contributed by atoms with van der Waals surface area (Å²) in [5.74, 6) is -1.47. The zero-order chi connectivity index (χ0) is 26.2. The van der Waals surface area contributed by atoms with Crippen LogP contribution in [0.15, 0.2) is 78.9 Å². The Kier molecular flexibility index (Phi) is 8.69. The minimum atomic E-state index is -1.05. The molecule has 0 bridgehead atoms. The Morgan fingerprint density at radius 3 is 2.32 bits per heavy atom. The average Bonchev–Trinajstić information content (AvgIpc) is 2.93. The smallest absolute Gasteiger partial charge is 0.335 e. The second-order valence-electron chi connectivity index (χ2n) is 9.34. The van der Waals surface area contributed by atoms with Crippen LogP contribution in [0, 0.1) is 0 Å². The summed E-state index contributed by atoms with van der Waals surface area (Å²) in [4.78, 5) is 40.4. The van der Waals surface area contributed by atoms with Gasteiger partial charge in [0.05, 0.1) is 12.0 Å². The SMILES string of the molecule is CN(CCN1CCC(OC(=O)Cc2ccccc2-c2ccccc2)CC1)C(=O)c1cccc(C(=O)O)c1. The van der Waals surface area contributed by atoms with E-state index in [0.717, 1.165) is 42.6 Å². The van der Waals surface area contributed by atoms with E-state index in [0.29, 0.717) is 18.7 Å². The monoisotopic (exact) mass is 500 g/mol. The molecule has 1 amide bonds. The lowest BCUT2D eigenvalue weighted by Crippen LogP contribution is -2.42. The second kappa shape index (κ2) is 12.3. The maximum Gasteiger partial charge on any atom is 0.335 e. The molecule has 1 heterocycles. The molecular weight excluding hydrogens is 468 g/mol. The van der Waals surface area contributed by atoms with Gasteiger partial charge in [0.15, 0.2) is 0 Å². The van der Waals surface area contributed by atoms with Gasteiger partial charge in [-0.25, -0.2) is 4.79 Å². The van der Waals surface area contributed by atoms with Crippen LogP contribution in [0.25, 0.3) is 11.1 Å². The van der Waals surface area contributed by atoms with E-state index < -0.39 is 5.97 Å². The number of hydrogen-bond acceptors (Lipinski definition) is 5. The summed E-state index contributed by atoms with van der Waals surface area (Å²) in [5, 5.41) is 9.15. The Balaban J connectivity index is 1.22. The van der Waals surface area contributed by atoms with E-state index >= 15 is 0 Å². The van der Waals surface area contributed by atoms with E-state index in [9.17, 15) is 14.4 Å². The van der Waals surface area contributed by atoms with Crippen molar-refractivity contribution in [2.24, 2.45) is 0 Å². The molecule has 37 heavy (non-hydrogen) atoms. The van der Waals surface area contributed by atoms with Crippen LogP contribution in [0.5, 0.6) is 0 Å². The maximum atomic E-state index is 12.7. The number of rotatable bonds is 9. The number of carbonyl (C=O) groups is 3. The summed E-state index contributed by atoms with van der Waals surface area (Å²) in [5.41, 5.74) is 3.54.